The largest absolute Gasteiger partial charge is 0.292 e. The van der Waals surface area contributed by atoms with Crippen LogP contribution in [0, 0.1) is 0 Å². The average molecular weight is 263 g/mol. The van der Waals surface area contributed by atoms with Gasteiger partial charge in [0.1, 0.15) is 0 Å². The second-order valence-corrected chi connectivity index (χ2v) is 7.00. The van der Waals surface area contributed by atoms with E-state index in [1.165, 1.54) is 0 Å². The predicted molar refractivity (Wildman–Crippen MR) is 78.3 cm³/mol. The maximum Gasteiger partial charge on any atom is 0.179 e. The van der Waals surface area contributed by atoms with Gasteiger partial charge in [-0.1, -0.05) is 44.2 Å². The Bertz CT molecular complexity index is 396. The van der Waals surface area contributed by atoms with E-state index >= 15 is 0 Å². The van der Waals surface area contributed by atoms with Crippen molar-refractivity contribution in [3.05, 3.63) is 35.9 Å². The summed E-state index contributed by atoms with van der Waals surface area (Å²) in [6.45, 7) is 8.54. The van der Waals surface area contributed by atoms with Crippen LogP contribution >= 0.6 is 11.8 Å². The van der Waals surface area contributed by atoms with E-state index < -0.39 is 0 Å². The zero-order valence-electron chi connectivity index (χ0n) is 11.3. The molecule has 1 aromatic carbocycles. The van der Waals surface area contributed by atoms with Crippen molar-refractivity contribution in [1.82, 2.24) is 4.90 Å². The van der Waals surface area contributed by atoms with Gasteiger partial charge in [0.15, 0.2) is 5.78 Å². The Morgan fingerprint density at radius 1 is 1.22 bits per heavy atom. The molecule has 1 aliphatic heterocycles. The van der Waals surface area contributed by atoms with E-state index in [0.717, 1.165) is 18.7 Å². The van der Waals surface area contributed by atoms with Crippen LogP contribution < -0.4 is 0 Å². The number of nitrogens with zero attached hydrogens (tertiary/aromatic N) is 1. The maximum atomic E-state index is 12.4. The highest BCUT2D eigenvalue weighted by molar-refractivity contribution is 8.00. The lowest BCUT2D eigenvalue weighted by Crippen LogP contribution is -2.48. The fourth-order valence-corrected chi connectivity index (χ4v) is 3.89. The van der Waals surface area contributed by atoms with Gasteiger partial charge in [-0.25, -0.2) is 0 Å². The Kier molecular flexibility index (Phi) is 4.46. The minimum atomic E-state index is -0.0156. The van der Waals surface area contributed by atoms with E-state index in [4.69, 9.17) is 0 Å². The van der Waals surface area contributed by atoms with E-state index in [2.05, 4.69) is 18.7 Å². The molecule has 0 saturated carbocycles. The molecule has 1 heterocycles. The normalized spacial score (nSPS) is 26.8. The smallest absolute Gasteiger partial charge is 0.179 e. The van der Waals surface area contributed by atoms with E-state index in [-0.39, 0.29) is 11.8 Å². The van der Waals surface area contributed by atoms with Gasteiger partial charge in [-0.3, -0.25) is 9.69 Å². The monoisotopic (exact) mass is 263 g/mol. The van der Waals surface area contributed by atoms with Crippen LogP contribution in [0.5, 0.6) is 0 Å². The van der Waals surface area contributed by atoms with Crippen LogP contribution in [0.1, 0.15) is 31.1 Å². The lowest BCUT2D eigenvalue weighted by atomic mass is 10.0. The van der Waals surface area contributed by atoms with Gasteiger partial charge in [-0.15, -0.1) is 0 Å². The van der Waals surface area contributed by atoms with Crippen LogP contribution in [-0.4, -0.2) is 40.3 Å². The van der Waals surface area contributed by atoms with Crippen LogP contribution in [0.25, 0.3) is 0 Å². The molecule has 18 heavy (non-hydrogen) atoms. The molecule has 0 aromatic heterocycles. The third kappa shape index (κ3) is 3.15. The van der Waals surface area contributed by atoms with Gasteiger partial charge in [-0.2, -0.15) is 11.8 Å². The van der Waals surface area contributed by atoms with Crippen molar-refractivity contribution in [1.29, 1.82) is 0 Å². The molecule has 1 aromatic rings. The number of hydrogen-bond acceptors (Lipinski definition) is 3. The van der Waals surface area contributed by atoms with Gasteiger partial charge in [0.2, 0.25) is 0 Å². The topological polar surface area (TPSA) is 20.3 Å². The van der Waals surface area contributed by atoms with Crippen LogP contribution in [0.2, 0.25) is 0 Å². The lowest BCUT2D eigenvalue weighted by Gasteiger charge is -2.37. The van der Waals surface area contributed by atoms with Crippen molar-refractivity contribution in [3.8, 4) is 0 Å². The summed E-state index contributed by atoms with van der Waals surface area (Å²) in [4.78, 5) is 14.7. The van der Waals surface area contributed by atoms with Gasteiger partial charge >= 0.3 is 0 Å². The second kappa shape index (κ2) is 5.89. The summed E-state index contributed by atoms with van der Waals surface area (Å²) in [5, 5.41) is 1.22. The zero-order valence-corrected chi connectivity index (χ0v) is 12.1. The molecule has 3 atom stereocenters. The molecule has 0 radical (unpaired) electrons. The van der Waals surface area contributed by atoms with Crippen LogP contribution in [0.15, 0.2) is 30.3 Å². The summed E-state index contributed by atoms with van der Waals surface area (Å²) in [7, 11) is 0. The third-order valence-corrected chi connectivity index (χ3v) is 4.66. The first kappa shape index (κ1) is 13.6. The Labute approximate surface area is 114 Å². The number of carbonyl (C=O) groups excluding carboxylic acids is 1. The van der Waals surface area contributed by atoms with Crippen molar-refractivity contribution in [2.75, 3.05) is 13.1 Å². The summed E-state index contributed by atoms with van der Waals surface area (Å²) in [5.74, 6) is 0.238. The van der Waals surface area contributed by atoms with Crippen LogP contribution in [0.4, 0.5) is 0 Å². The van der Waals surface area contributed by atoms with Gasteiger partial charge in [0, 0.05) is 29.2 Å². The molecule has 0 aliphatic carbocycles. The summed E-state index contributed by atoms with van der Waals surface area (Å²) in [5.41, 5.74) is 0.823. The standard InChI is InChI=1S/C15H21NOS/c1-11-9-16(10-12(2)18-11)13(3)15(17)14-7-5-4-6-8-14/h4-8,11-13H,9-10H2,1-3H3. The summed E-state index contributed by atoms with van der Waals surface area (Å²) in [6.07, 6.45) is 0. The lowest BCUT2D eigenvalue weighted by molar-refractivity contribution is 0.0836. The van der Waals surface area contributed by atoms with Crippen LogP contribution in [-0.2, 0) is 0 Å². The zero-order chi connectivity index (χ0) is 13.1. The van der Waals surface area contributed by atoms with Gasteiger partial charge in [0.25, 0.3) is 0 Å². The first-order chi connectivity index (χ1) is 8.58. The summed E-state index contributed by atoms with van der Waals surface area (Å²) in [6, 6.07) is 9.60. The van der Waals surface area contributed by atoms with E-state index in [1.54, 1.807) is 0 Å². The van der Waals surface area contributed by atoms with Gasteiger partial charge in [0.05, 0.1) is 6.04 Å². The highest BCUT2D eigenvalue weighted by Gasteiger charge is 2.29. The predicted octanol–water partition coefficient (Wildman–Crippen LogP) is 3.08. The molecule has 1 saturated heterocycles. The summed E-state index contributed by atoms with van der Waals surface area (Å²) >= 11 is 2.02. The van der Waals surface area contributed by atoms with Crippen molar-refractivity contribution in [2.45, 2.75) is 37.3 Å². The quantitative estimate of drug-likeness (QED) is 0.782. The van der Waals surface area contributed by atoms with Gasteiger partial charge in [-0.05, 0) is 6.92 Å². The number of Topliss-reactive ketones (excluding diaryl/α,β-unsaturated/α-hetero) is 1. The minimum absolute atomic E-state index is 0.0156. The van der Waals surface area contributed by atoms with Crippen molar-refractivity contribution < 1.29 is 4.79 Å². The van der Waals surface area contributed by atoms with E-state index in [1.807, 2.05) is 49.0 Å². The Morgan fingerprint density at radius 3 is 2.33 bits per heavy atom. The van der Waals surface area contributed by atoms with Crippen molar-refractivity contribution in [3.63, 3.8) is 0 Å². The number of benzene rings is 1. The number of rotatable bonds is 3. The average Bonchev–Trinajstić information content (AvgIpc) is 2.37. The van der Waals surface area contributed by atoms with Crippen molar-refractivity contribution in [2.24, 2.45) is 0 Å². The van der Waals surface area contributed by atoms with E-state index in [0.29, 0.717) is 10.5 Å². The fraction of sp³-hybridized carbons (Fsp3) is 0.533. The first-order valence-electron chi connectivity index (χ1n) is 6.56. The first-order valence-corrected chi connectivity index (χ1v) is 7.51. The Morgan fingerprint density at radius 2 is 1.78 bits per heavy atom. The SMILES string of the molecule is CC1CN(C(C)C(=O)c2ccccc2)CC(C)S1. The number of ketones is 1. The molecule has 0 N–H and O–H groups in total. The molecule has 2 rings (SSSR count). The highest BCUT2D eigenvalue weighted by atomic mass is 32.2. The molecule has 3 unspecified atom stereocenters. The molecular formula is C15H21NOS. The number of thioether (sulfide) groups is 1. The minimum Gasteiger partial charge on any atom is -0.292 e. The molecule has 0 spiro atoms. The molecule has 3 heteroatoms. The molecule has 1 aliphatic rings. The molecular weight excluding hydrogens is 242 g/mol. The van der Waals surface area contributed by atoms with Crippen LogP contribution in [0.3, 0.4) is 0 Å². The fourth-order valence-electron chi connectivity index (χ4n) is 2.54. The maximum absolute atomic E-state index is 12.4. The Balaban J connectivity index is 2.07. The molecule has 2 nitrogen and oxygen atoms in total. The third-order valence-electron chi connectivity index (χ3n) is 3.43. The molecule has 98 valence electrons. The highest BCUT2D eigenvalue weighted by Crippen LogP contribution is 2.26. The Hall–Kier alpha value is -0.800. The second-order valence-electron chi connectivity index (χ2n) is 5.12. The number of carbonyl (C=O) groups is 1. The molecule has 1 fully saturated rings. The van der Waals surface area contributed by atoms with E-state index in [9.17, 15) is 4.79 Å². The number of hydrogen-bond donors (Lipinski definition) is 0. The van der Waals surface area contributed by atoms with Crippen molar-refractivity contribution >= 4 is 17.5 Å². The van der Waals surface area contributed by atoms with Gasteiger partial charge < -0.3 is 0 Å². The molecule has 0 bridgehead atoms. The molecule has 0 amide bonds. The summed E-state index contributed by atoms with van der Waals surface area (Å²) < 4.78 is 0.